The van der Waals surface area contributed by atoms with Crippen LogP contribution in [-0.2, 0) is 20.3 Å². The van der Waals surface area contributed by atoms with Crippen molar-refractivity contribution in [3.05, 3.63) is 93.8 Å². The molecule has 13 heteroatoms. The Hall–Kier alpha value is -3.42. The fourth-order valence-electron chi connectivity index (χ4n) is 4.48. The zero-order valence-corrected chi connectivity index (χ0v) is 21.7. The number of hydrogen-bond donors (Lipinski definition) is 0. The van der Waals surface area contributed by atoms with E-state index in [0.717, 1.165) is 31.1 Å². The fourth-order valence-corrected chi connectivity index (χ4v) is 4.48. The summed E-state index contributed by atoms with van der Waals surface area (Å²) in [4.78, 5) is 0. The average Bonchev–Trinajstić information content (AvgIpc) is 2.86. The van der Waals surface area contributed by atoms with E-state index in [1.807, 2.05) is 6.92 Å². The van der Waals surface area contributed by atoms with Gasteiger partial charge in [0.05, 0.1) is 18.8 Å². The molecule has 0 unspecified atom stereocenters. The third-order valence-corrected chi connectivity index (χ3v) is 6.35. The molecule has 3 aromatic rings. The minimum absolute atomic E-state index is 0.0453. The summed E-state index contributed by atoms with van der Waals surface area (Å²) in [5.74, 6) is -7.66. The fraction of sp³-hybridized carbons (Fsp3) is 0.310. The van der Waals surface area contributed by atoms with Crippen molar-refractivity contribution in [1.82, 2.24) is 0 Å². The lowest BCUT2D eigenvalue weighted by Gasteiger charge is -2.29. The molecule has 3 aromatic carbocycles. The van der Waals surface area contributed by atoms with E-state index in [4.69, 9.17) is 9.47 Å². The summed E-state index contributed by atoms with van der Waals surface area (Å²) < 4.78 is 151. The third-order valence-electron chi connectivity index (χ3n) is 6.35. The van der Waals surface area contributed by atoms with Crippen LogP contribution in [0.15, 0.2) is 42.5 Å². The second kappa shape index (κ2) is 12.4. The Morgan fingerprint density at radius 2 is 1.38 bits per heavy atom. The van der Waals surface area contributed by atoms with Gasteiger partial charge >= 0.3 is 12.5 Å². The van der Waals surface area contributed by atoms with E-state index in [0.29, 0.717) is 18.8 Å². The smallest absolute Gasteiger partial charge is 0.348 e. The maximum Gasteiger partial charge on any atom is 0.527 e. The summed E-state index contributed by atoms with van der Waals surface area (Å²) in [6.45, 7) is 2.98. The van der Waals surface area contributed by atoms with Crippen molar-refractivity contribution >= 4 is 12.2 Å². The van der Waals surface area contributed by atoms with Gasteiger partial charge in [0, 0.05) is 17.0 Å². The Balaban J connectivity index is 1.54. The Morgan fingerprint density at radius 1 is 0.786 bits per heavy atom. The monoisotopic (exact) mass is 608 g/mol. The zero-order valence-electron chi connectivity index (χ0n) is 21.7. The van der Waals surface area contributed by atoms with Crippen molar-refractivity contribution in [2.24, 2.45) is 5.92 Å². The van der Waals surface area contributed by atoms with Gasteiger partial charge in [0.15, 0.2) is 6.29 Å². The Labute approximate surface area is 233 Å². The van der Waals surface area contributed by atoms with Gasteiger partial charge in [0.1, 0.15) is 34.6 Å². The van der Waals surface area contributed by atoms with Crippen LogP contribution in [-0.4, -0.2) is 19.6 Å². The highest BCUT2D eigenvalue weighted by Gasteiger charge is 2.49. The first-order chi connectivity index (χ1) is 19.7. The molecule has 1 aliphatic heterocycles. The third kappa shape index (κ3) is 7.31. The molecule has 1 heterocycles. The van der Waals surface area contributed by atoms with Gasteiger partial charge in [-0.2, -0.15) is 8.78 Å². The maximum absolute atomic E-state index is 14.8. The highest BCUT2D eigenvalue weighted by Crippen LogP contribution is 2.41. The number of benzene rings is 3. The summed E-state index contributed by atoms with van der Waals surface area (Å²) in [6.07, 6.45) is -7.87. The molecule has 1 saturated heterocycles. The second-order valence-corrected chi connectivity index (χ2v) is 9.51. The van der Waals surface area contributed by atoms with Crippen molar-refractivity contribution in [3.8, 4) is 11.1 Å². The molecular formula is C29H22F10O3. The molecule has 0 radical (unpaired) electrons. The first-order valence-corrected chi connectivity index (χ1v) is 12.5. The van der Waals surface area contributed by atoms with Crippen molar-refractivity contribution < 1.29 is 58.1 Å². The summed E-state index contributed by atoms with van der Waals surface area (Å²) in [7, 11) is 0. The van der Waals surface area contributed by atoms with Crippen molar-refractivity contribution in [1.29, 1.82) is 0 Å². The van der Waals surface area contributed by atoms with E-state index in [2.05, 4.69) is 4.74 Å². The van der Waals surface area contributed by atoms with Crippen LogP contribution in [0.4, 0.5) is 43.9 Å². The molecule has 0 atom stereocenters. The molecule has 226 valence electrons. The lowest BCUT2D eigenvalue weighted by molar-refractivity contribution is -0.432. The van der Waals surface area contributed by atoms with Crippen molar-refractivity contribution in [3.63, 3.8) is 0 Å². The molecule has 0 saturated carbocycles. The predicted molar refractivity (Wildman–Crippen MR) is 131 cm³/mol. The first-order valence-electron chi connectivity index (χ1n) is 12.5. The number of hydrogen-bond acceptors (Lipinski definition) is 3. The van der Waals surface area contributed by atoms with Gasteiger partial charge in [-0.3, -0.25) is 0 Å². The summed E-state index contributed by atoms with van der Waals surface area (Å²) >= 11 is 0. The van der Waals surface area contributed by atoms with Crippen molar-refractivity contribution in [2.45, 2.75) is 38.5 Å². The minimum Gasteiger partial charge on any atom is -0.348 e. The normalized spacial score (nSPS) is 18.2. The van der Waals surface area contributed by atoms with Gasteiger partial charge in [0.25, 0.3) is 0 Å². The van der Waals surface area contributed by atoms with Gasteiger partial charge in [-0.25, -0.2) is 26.7 Å². The van der Waals surface area contributed by atoms with E-state index in [1.165, 1.54) is 18.2 Å². The van der Waals surface area contributed by atoms with Crippen LogP contribution in [0.2, 0.25) is 0 Å². The molecule has 0 N–H and O–H groups in total. The van der Waals surface area contributed by atoms with E-state index < -0.39 is 64.5 Å². The van der Waals surface area contributed by atoms with Gasteiger partial charge < -0.3 is 9.47 Å². The van der Waals surface area contributed by atoms with Crippen LogP contribution in [0.3, 0.4) is 0 Å². The molecule has 0 spiro atoms. The van der Waals surface area contributed by atoms with Gasteiger partial charge in [-0.1, -0.05) is 37.6 Å². The summed E-state index contributed by atoms with van der Waals surface area (Å²) in [5.41, 5.74) is -3.99. The second-order valence-electron chi connectivity index (χ2n) is 9.51. The van der Waals surface area contributed by atoms with E-state index >= 15 is 0 Å². The number of alkyl halides is 5. The quantitative estimate of drug-likeness (QED) is 0.189. The van der Waals surface area contributed by atoms with Gasteiger partial charge in [0.2, 0.25) is 0 Å². The van der Waals surface area contributed by atoms with Crippen LogP contribution in [0.1, 0.15) is 48.3 Å². The lowest BCUT2D eigenvalue weighted by Crippen LogP contribution is -2.29. The zero-order chi connectivity index (χ0) is 30.8. The largest absolute Gasteiger partial charge is 0.527 e. The van der Waals surface area contributed by atoms with E-state index in [1.54, 1.807) is 6.07 Å². The number of ether oxygens (including phenoxy) is 3. The summed E-state index contributed by atoms with van der Waals surface area (Å²) in [6, 6.07) is 5.70. The standard InChI is InChI=1S/C29H22F10O3/c1-2-3-16-13-40-27(41-14-16)18-7-6-17(20(30)10-18)5-4-15-8-21(31)25(22(32)9-15)19-11-23(33)26(24(34)12-19)28(35,36)42-29(37,38)39/h4-12,16,27H,2-3,13-14H2,1H3. The lowest BCUT2D eigenvalue weighted by atomic mass is 9.99. The van der Waals surface area contributed by atoms with Gasteiger partial charge in [-0.15, -0.1) is 13.2 Å². The first kappa shape index (κ1) is 31.5. The molecule has 4 rings (SSSR count). The number of halogens is 10. The van der Waals surface area contributed by atoms with Crippen molar-refractivity contribution in [2.75, 3.05) is 13.2 Å². The van der Waals surface area contributed by atoms with Crippen LogP contribution in [0.5, 0.6) is 0 Å². The molecule has 3 nitrogen and oxygen atoms in total. The summed E-state index contributed by atoms with van der Waals surface area (Å²) in [5, 5.41) is 0. The molecule has 1 fully saturated rings. The van der Waals surface area contributed by atoms with E-state index in [9.17, 15) is 43.9 Å². The maximum atomic E-state index is 14.8. The molecule has 1 aliphatic rings. The van der Waals surface area contributed by atoms with Gasteiger partial charge in [-0.05, 0) is 47.9 Å². The molecule has 0 bridgehead atoms. The average molecular weight is 608 g/mol. The highest BCUT2D eigenvalue weighted by molar-refractivity contribution is 5.73. The predicted octanol–water partition coefficient (Wildman–Crippen LogP) is 9.27. The molecule has 0 aromatic heterocycles. The van der Waals surface area contributed by atoms with Crippen LogP contribution >= 0.6 is 0 Å². The topological polar surface area (TPSA) is 27.7 Å². The Morgan fingerprint density at radius 3 is 1.90 bits per heavy atom. The Kier molecular flexibility index (Phi) is 9.33. The minimum atomic E-state index is -5.94. The van der Waals surface area contributed by atoms with Crippen LogP contribution < -0.4 is 0 Å². The molecule has 0 aliphatic carbocycles. The van der Waals surface area contributed by atoms with Crippen LogP contribution in [0, 0.1) is 35.0 Å². The number of rotatable bonds is 8. The SMILES string of the molecule is CCCC1COC(c2ccc(C=Cc3cc(F)c(-c4cc(F)c(C(F)(F)OC(F)(F)F)c(F)c4)c(F)c3)c(F)c2)OC1. The van der Waals surface area contributed by atoms with E-state index in [-0.39, 0.29) is 29.2 Å². The highest BCUT2D eigenvalue weighted by atomic mass is 19.4. The molecule has 42 heavy (non-hydrogen) atoms. The Bertz CT molecular complexity index is 1410. The molecular weight excluding hydrogens is 586 g/mol. The van der Waals surface area contributed by atoms with Crippen LogP contribution in [0.25, 0.3) is 23.3 Å². The molecule has 0 amide bonds.